The number of H-pyrrole nitrogens is 1. The Morgan fingerprint density at radius 2 is 2.11 bits per heavy atom. The summed E-state index contributed by atoms with van der Waals surface area (Å²) in [7, 11) is 0. The van der Waals surface area contributed by atoms with Gasteiger partial charge in [0.2, 0.25) is 0 Å². The van der Waals surface area contributed by atoms with E-state index in [1.807, 2.05) is 6.92 Å². The molecule has 1 aromatic carbocycles. The van der Waals surface area contributed by atoms with Crippen molar-refractivity contribution in [3.63, 3.8) is 0 Å². The third-order valence-electron chi connectivity index (χ3n) is 3.16. The average Bonchev–Trinajstić information content (AvgIpc) is 2.64. The largest absolute Gasteiger partial charge is 0.481 e. The first-order valence-corrected chi connectivity index (χ1v) is 5.81. The predicted molar refractivity (Wildman–Crippen MR) is 68.1 cm³/mol. The second-order valence-corrected chi connectivity index (χ2v) is 5.32. The molecule has 0 radical (unpaired) electrons. The van der Waals surface area contributed by atoms with Crippen molar-refractivity contribution < 1.29 is 14.3 Å². The monoisotopic (exact) mass is 249 g/mol. The summed E-state index contributed by atoms with van der Waals surface area (Å²) >= 11 is 0. The van der Waals surface area contributed by atoms with Crippen LogP contribution in [0.4, 0.5) is 4.39 Å². The van der Waals surface area contributed by atoms with Crippen LogP contribution in [0.15, 0.2) is 18.2 Å². The van der Waals surface area contributed by atoms with Crippen LogP contribution in [0.1, 0.15) is 25.1 Å². The maximum absolute atomic E-state index is 14.3. The lowest BCUT2D eigenvalue weighted by Gasteiger charge is -2.19. The molecule has 0 aliphatic rings. The Bertz CT molecular complexity index is 614. The minimum atomic E-state index is -0.972. The number of aromatic nitrogens is 1. The predicted octanol–water partition coefficient (Wildman–Crippen LogP) is 3.27. The van der Waals surface area contributed by atoms with Crippen molar-refractivity contribution in [1.82, 2.24) is 4.98 Å². The molecule has 96 valence electrons. The number of benzene rings is 1. The minimum absolute atomic E-state index is 0.175. The highest BCUT2D eigenvalue weighted by atomic mass is 19.1. The van der Waals surface area contributed by atoms with Crippen LogP contribution >= 0.6 is 0 Å². The van der Waals surface area contributed by atoms with Gasteiger partial charge in [0.15, 0.2) is 0 Å². The molecule has 2 rings (SSSR count). The van der Waals surface area contributed by atoms with Crippen LogP contribution in [-0.2, 0) is 11.2 Å². The van der Waals surface area contributed by atoms with Crippen LogP contribution in [0.5, 0.6) is 0 Å². The van der Waals surface area contributed by atoms with E-state index in [2.05, 4.69) is 4.98 Å². The average molecular weight is 249 g/mol. The van der Waals surface area contributed by atoms with Crippen molar-refractivity contribution in [2.75, 3.05) is 0 Å². The Morgan fingerprint density at radius 1 is 1.44 bits per heavy atom. The van der Waals surface area contributed by atoms with Crippen LogP contribution in [-0.4, -0.2) is 16.1 Å². The summed E-state index contributed by atoms with van der Waals surface area (Å²) in [6.45, 7) is 5.06. The number of rotatable bonds is 3. The number of carboxylic acid groups (broad SMARTS) is 1. The first-order valence-electron chi connectivity index (χ1n) is 5.81. The fraction of sp³-hybridized carbons (Fsp3) is 0.357. The topological polar surface area (TPSA) is 53.1 Å². The van der Waals surface area contributed by atoms with Crippen LogP contribution in [0, 0.1) is 18.2 Å². The van der Waals surface area contributed by atoms with E-state index >= 15 is 0 Å². The molecule has 4 heteroatoms. The number of hydrogen-bond donors (Lipinski definition) is 2. The summed E-state index contributed by atoms with van der Waals surface area (Å²) in [6, 6.07) is 5.18. The van der Waals surface area contributed by atoms with Crippen molar-refractivity contribution in [2.24, 2.45) is 5.41 Å². The summed E-state index contributed by atoms with van der Waals surface area (Å²) in [4.78, 5) is 14.1. The number of halogens is 1. The zero-order chi connectivity index (χ0) is 13.5. The van der Waals surface area contributed by atoms with Gasteiger partial charge in [0.1, 0.15) is 5.82 Å². The van der Waals surface area contributed by atoms with E-state index in [1.165, 1.54) is 0 Å². The molecular weight excluding hydrogens is 233 g/mol. The quantitative estimate of drug-likeness (QED) is 0.877. The van der Waals surface area contributed by atoms with Crippen molar-refractivity contribution in [1.29, 1.82) is 0 Å². The lowest BCUT2D eigenvalue weighted by Crippen LogP contribution is -2.26. The number of carbonyl (C=O) groups is 1. The van der Waals surface area contributed by atoms with Crippen LogP contribution < -0.4 is 0 Å². The van der Waals surface area contributed by atoms with Gasteiger partial charge in [-0.25, -0.2) is 4.39 Å². The number of carboxylic acids is 1. The van der Waals surface area contributed by atoms with E-state index in [4.69, 9.17) is 5.11 Å². The molecule has 0 saturated carbocycles. The summed E-state index contributed by atoms with van der Waals surface area (Å²) in [5, 5.41) is 9.60. The Morgan fingerprint density at radius 3 is 2.72 bits per heavy atom. The Balaban J connectivity index is 2.46. The molecule has 0 aliphatic carbocycles. The maximum atomic E-state index is 14.3. The molecule has 0 aliphatic heterocycles. The Labute approximate surface area is 105 Å². The number of nitrogens with one attached hydrogen (secondary N) is 1. The van der Waals surface area contributed by atoms with Gasteiger partial charge in [0.25, 0.3) is 0 Å². The van der Waals surface area contributed by atoms with Gasteiger partial charge in [-0.2, -0.15) is 0 Å². The maximum Gasteiger partial charge on any atom is 0.309 e. The van der Waals surface area contributed by atoms with Gasteiger partial charge in [0.05, 0.1) is 5.41 Å². The zero-order valence-electron chi connectivity index (χ0n) is 10.7. The molecule has 0 atom stereocenters. The minimum Gasteiger partial charge on any atom is -0.481 e. The highest BCUT2D eigenvalue weighted by molar-refractivity contribution is 5.82. The fourth-order valence-electron chi connectivity index (χ4n) is 2.04. The van der Waals surface area contributed by atoms with Crippen molar-refractivity contribution in [3.8, 4) is 0 Å². The van der Waals surface area contributed by atoms with E-state index in [0.717, 1.165) is 11.2 Å². The van der Waals surface area contributed by atoms with E-state index in [-0.39, 0.29) is 12.2 Å². The van der Waals surface area contributed by atoms with Crippen LogP contribution in [0.3, 0.4) is 0 Å². The van der Waals surface area contributed by atoms with Gasteiger partial charge in [-0.3, -0.25) is 4.79 Å². The van der Waals surface area contributed by atoms with E-state index in [1.54, 1.807) is 32.0 Å². The van der Waals surface area contributed by atoms with Gasteiger partial charge in [-0.15, -0.1) is 0 Å². The summed E-state index contributed by atoms with van der Waals surface area (Å²) < 4.78 is 14.3. The smallest absolute Gasteiger partial charge is 0.309 e. The number of fused-ring (bicyclic) bond motifs is 1. The number of aliphatic carboxylic acids is 1. The van der Waals surface area contributed by atoms with E-state index < -0.39 is 11.4 Å². The molecule has 0 fully saturated rings. The van der Waals surface area contributed by atoms with Gasteiger partial charge in [-0.1, -0.05) is 6.07 Å². The first-order chi connectivity index (χ1) is 8.31. The molecule has 2 N–H and O–H groups in total. The van der Waals surface area contributed by atoms with E-state index in [9.17, 15) is 9.18 Å². The molecule has 0 spiro atoms. The molecule has 0 saturated heterocycles. The van der Waals surface area contributed by atoms with Crippen LogP contribution in [0.2, 0.25) is 0 Å². The molecular formula is C14H16FNO2. The highest BCUT2D eigenvalue weighted by Gasteiger charge is 2.28. The Kier molecular flexibility index (Phi) is 2.89. The molecule has 0 unspecified atom stereocenters. The van der Waals surface area contributed by atoms with Crippen molar-refractivity contribution in [2.45, 2.75) is 27.2 Å². The third-order valence-corrected chi connectivity index (χ3v) is 3.16. The van der Waals surface area contributed by atoms with Gasteiger partial charge < -0.3 is 10.1 Å². The second-order valence-electron chi connectivity index (χ2n) is 5.32. The molecule has 2 aromatic rings. The number of aryl methyl sites for hydroxylation is 1. The second kappa shape index (κ2) is 4.12. The van der Waals surface area contributed by atoms with Crippen LogP contribution in [0.25, 0.3) is 10.9 Å². The van der Waals surface area contributed by atoms with Crippen molar-refractivity contribution in [3.05, 3.63) is 35.3 Å². The zero-order valence-corrected chi connectivity index (χ0v) is 10.7. The normalized spacial score (nSPS) is 12.0. The Hall–Kier alpha value is -1.84. The number of aromatic amines is 1. The lowest BCUT2D eigenvalue weighted by molar-refractivity contribution is -0.146. The molecule has 18 heavy (non-hydrogen) atoms. The van der Waals surface area contributed by atoms with Gasteiger partial charge >= 0.3 is 5.97 Å². The number of hydrogen-bond acceptors (Lipinski definition) is 1. The molecule has 1 heterocycles. The highest BCUT2D eigenvalue weighted by Crippen LogP contribution is 2.28. The molecule has 0 bridgehead atoms. The van der Waals surface area contributed by atoms with Gasteiger partial charge in [0, 0.05) is 16.6 Å². The van der Waals surface area contributed by atoms with E-state index in [0.29, 0.717) is 10.9 Å². The summed E-state index contributed by atoms with van der Waals surface area (Å²) in [5.41, 5.74) is 1.09. The fourth-order valence-corrected chi connectivity index (χ4v) is 2.04. The summed E-state index contributed by atoms with van der Waals surface area (Å²) in [6.07, 6.45) is 0.175. The third kappa shape index (κ3) is 2.10. The lowest BCUT2D eigenvalue weighted by atomic mass is 9.85. The molecule has 0 amide bonds. The molecule has 1 aromatic heterocycles. The van der Waals surface area contributed by atoms with Crippen molar-refractivity contribution >= 4 is 16.9 Å². The first kappa shape index (κ1) is 12.6. The van der Waals surface area contributed by atoms with Gasteiger partial charge in [-0.05, 0) is 44.9 Å². The summed E-state index contributed by atoms with van der Waals surface area (Å²) in [5.74, 6) is -1.25. The molecule has 3 nitrogen and oxygen atoms in total. The standard InChI is InChI=1S/C14H16FNO2/c1-8-6-10-11(16-8)5-4-9(12(10)15)7-14(2,3)13(17)18/h4-6,16H,7H2,1-3H3,(H,17,18). The SMILES string of the molecule is Cc1cc2c(F)c(CC(C)(C)C(=O)O)ccc2[nH]1.